The molecule has 2 aliphatic rings. The highest BCUT2D eigenvalue weighted by atomic mass is 79.9. The van der Waals surface area contributed by atoms with Crippen molar-refractivity contribution in [1.29, 1.82) is 0 Å². The van der Waals surface area contributed by atoms with Crippen LogP contribution in [0.15, 0.2) is 69.7 Å². The first kappa shape index (κ1) is 21.6. The van der Waals surface area contributed by atoms with Crippen molar-refractivity contribution in [3.8, 4) is 11.3 Å². The molecular weight excluding hydrogens is 488 g/mol. The third-order valence-electron chi connectivity index (χ3n) is 6.01. The maximum atomic E-state index is 6.40. The van der Waals surface area contributed by atoms with Gasteiger partial charge < -0.3 is 19.4 Å². The van der Waals surface area contributed by atoms with Crippen LogP contribution < -0.4 is 5.32 Å². The number of aromatic nitrogens is 1. The SMILES string of the molecule is S=C1NC(c2ccccn2)C(c2ccc(-c3ccc(Br)cc3)o2)N1CCN1CCOCC1. The van der Waals surface area contributed by atoms with Crippen LogP contribution >= 0.6 is 28.1 Å². The van der Waals surface area contributed by atoms with Gasteiger partial charge in [0.15, 0.2) is 5.11 Å². The number of nitrogens with one attached hydrogen (secondary N) is 1. The normalized spacial score (nSPS) is 21.7. The van der Waals surface area contributed by atoms with Gasteiger partial charge in [0.05, 0.1) is 24.9 Å². The van der Waals surface area contributed by atoms with Gasteiger partial charge in [0.2, 0.25) is 0 Å². The molecule has 32 heavy (non-hydrogen) atoms. The van der Waals surface area contributed by atoms with Crippen LogP contribution in [-0.2, 0) is 4.74 Å². The average Bonchev–Trinajstić information content (AvgIpc) is 3.44. The number of furan rings is 1. The average molecular weight is 513 g/mol. The van der Waals surface area contributed by atoms with Crippen LogP contribution in [0.2, 0.25) is 0 Å². The van der Waals surface area contributed by atoms with E-state index in [2.05, 4.69) is 54.2 Å². The number of halogens is 1. The van der Waals surface area contributed by atoms with E-state index in [9.17, 15) is 0 Å². The van der Waals surface area contributed by atoms with Gasteiger partial charge in [0, 0.05) is 42.4 Å². The fourth-order valence-electron chi connectivity index (χ4n) is 4.31. The molecule has 8 heteroatoms. The molecule has 2 saturated heterocycles. The monoisotopic (exact) mass is 512 g/mol. The zero-order valence-electron chi connectivity index (χ0n) is 17.6. The molecule has 2 atom stereocenters. The summed E-state index contributed by atoms with van der Waals surface area (Å²) in [6, 6.07) is 18.1. The number of benzene rings is 1. The van der Waals surface area contributed by atoms with E-state index in [0.717, 1.165) is 71.8 Å². The number of rotatable bonds is 6. The Balaban J connectivity index is 1.43. The fraction of sp³-hybridized carbons (Fsp3) is 0.333. The lowest BCUT2D eigenvalue weighted by Gasteiger charge is -2.31. The van der Waals surface area contributed by atoms with E-state index in [0.29, 0.717) is 0 Å². The highest BCUT2D eigenvalue weighted by Crippen LogP contribution is 2.40. The Hall–Kier alpha value is -2.26. The molecular formula is C24H25BrN4O2S. The number of nitrogens with zero attached hydrogens (tertiary/aromatic N) is 3. The molecule has 0 radical (unpaired) electrons. The topological polar surface area (TPSA) is 53.8 Å². The minimum Gasteiger partial charge on any atom is -0.459 e. The minimum absolute atomic E-state index is 0.0670. The summed E-state index contributed by atoms with van der Waals surface area (Å²) in [6.45, 7) is 5.23. The highest BCUT2D eigenvalue weighted by molar-refractivity contribution is 9.10. The van der Waals surface area contributed by atoms with Crippen LogP contribution in [0.3, 0.4) is 0 Å². The Morgan fingerprint density at radius 3 is 2.59 bits per heavy atom. The Morgan fingerprint density at radius 2 is 1.84 bits per heavy atom. The Morgan fingerprint density at radius 1 is 1.03 bits per heavy atom. The summed E-state index contributed by atoms with van der Waals surface area (Å²) in [7, 11) is 0. The summed E-state index contributed by atoms with van der Waals surface area (Å²) >= 11 is 9.27. The second-order valence-electron chi connectivity index (χ2n) is 7.98. The van der Waals surface area contributed by atoms with Crippen molar-refractivity contribution >= 4 is 33.3 Å². The summed E-state index contributed by atoms with van der Waals surface area (Å²) < 4.78 is 12.9. The van der Waals surface area contributed by atoms with E-state index < -0.39 is 0 Å². The number of morpholine rings is 1. The van der Waals surface area contributed by atoms with Crippen molar-refractivity contribution in [2.75, 3.05) is 39.4 Å². The van der Waals surface area contributed by atoms with Crippen LogP contribution in [0.25, 0.3) is 11.3 Å². The molecule has 2 aliphatic heterocycles. The molecule has 5 rings (SSSR count). The Kier molecular flexibility index (Phi) is 6.54. The molecule has 1 aromatic carbocycles. The second kappa shape index (κ2) is 9.70. The maximum Gasteiger partial charge on any atom is 0.170 e. The summed E-state index contributed by atoms with van der Waals surface area (Å²) in [5.41, 5.74) is 2.00. The summed E-state index contributed by atoms with van der Waals surface area (Å²) in [4.78, 5) is 9.28. The third-order valence-corrected chi connectivity index (χ3v) is 6.89. The molecule has 2 fully saturated rings. The molecule has 0 amide bonds. The van der Waals surface area contributed by atoms with Gasteiger partial charge in [0.1, 0.15) is 17.6 Å². The predicted octanol–water partition coefficient (Wildman–Crippen LogP) is 4.41. The molecule has 1 N–H and O–H groups in total. The van der Waals surface area contributed by atoms with E-state index in [1.54, 1.807) is 0 Å². The molecule has 0 saturated carbocycles. The lowest BCUT2D eigenvalue weighted by Crippen LogP contribution is -2.42. The first-order valence-electron chi connectivity index (χ1n) is 10.8. The molecule has 166 valence electrons. The lowest BCUT2D eigenvalue weighted by atomic mass is 10.0. The number of hydrogen-bond donors (Lipinski definition) is 1. The van der Waals surface area contributed by atoms with Crippen molar-refractivity contribution < 1.29 is 9.15 Å². The molecule has 0 spiro atoms. The standard InChI is InChI=1S/C24H25BrN4O2S/c25-18-6-4-17(5-7-18)20-8-9-21(31-20)23-22(19-3-1-2-10-26-19)27-24(32)29(23)12-11-28-13-15-30-16-14-28/h1-10,22-23H,11-16H2,(H,27,32). The van der Waals surface area contributed by atoms with Crippen LogP contribution in [0.1, 0.15) is 23.5 Å². The molecule has 4 heterocycles. The summed E-state index contributed by atoms with van der Waals surface area (Å²) in [5.74, 6) is 1.73. The van der Waals surface area contributed by atoms with Gasteiger partial charge in [-0.05, 0) is 48.6 Å². The van der Waals surface area contributed by atoms with E-state index >= 15 is 0 Å². The number of thiocarbonyl (C=S) groups is 1. The van der Waals surface area contributed by atoms with Gasteiger partial charge in [-0.15, -0.1) is 0 Å². The summed E-state index contributed by atoms with van der Waals surface area (Å²) in [5, 5.41) is 4.24. The van der Waals surface area contributed by atoms with E-state index in [1.807, 2.05) is 42.6 Å². The first-order valence-corrected chi connectivity index (χ1v) is 12.0. The molecule has 0 bridgehead atoms. The van der Waals surface area contributed by atoms with Gasteiger partial charge >= 0.3 is 0 Å². The van der Waals surface area contributed by atoms with Crippen molar-refractivity contribution in [2.24, 2.45) is 0 Å². The number of hydrogen-bond acceptors (Lipinski definition) is 5. The van der Waals surface area contributed by atoms with E-state index in [-0.39, 0.29) is 12.1 Å². The quantitative estimate of drug-likeness (QED) is 0.491. The minimum atomic E-state index is -0.0719. The van der Waals surface area contributed by atoms with Gasteiger partial charge in [-0.25, -0.2) is 0 Å². The first-order chi connectivity index (χ1) is 15.7. The molecule has 0 aliphatic carbocycles. The highest BCUT2D eigenvalue weighted by Gasteiger charge is 2.41. The second-order valence-corrected chi connectivity index (χ2v) is 9.29. The Labute approximate surface area is 201 Å². The van der Waals surface area contributed by atoms with Crippen molar-refractivity contribution in [1.82, 2.24) is 20.1 Å². The van der Waals surface area contributed by atoms with Crippen LogP contribution in [0.5, 0.6) is 0 Å². The zero-order valence-corrected chi connectivity index (χ0v) is 20.0. The van der Waals surface area contributed by atoms with Crippen LogP contribution in [0, 0.1) is 0 Å². The molecule has 6 nitrogen and oxygen atoms in total. The van der Waals surface area contributed by atoms with Gasteiger partial charge in [-0.2, -0.15) is 0 Å². The number of ether oxygens (including phenoxy) is 1. The zero-order chi connectivity index (χ0) is 21.9. The molecule has 2 unspecified atom stereocenters. The van der Waals surface area contributed by atoms with Crippen LogP contribution in [-0.4, -0.2) is 59.3 Å². The largest absolute Gasteiger partial charge is 0.459 e. The lowest BCUT2D eigenvalue weighted by molar-refractivity contribution is 0.0347. The maximum absolute atomic E-state index is 6.40. The van der Waals surface area contributed by atoms with E-state index in [4.69, 9.17) is 21.4 Å². The molecule has 2 aromatic heterocycles. The van der Waals surface area contributed by atoms with Gasteiger partial charge in [0.25, 0.3) is 0 Å². The van der Waals surface area contributed by atoms with Gasteiger partial charge in [-0.3, -0.25) is 9.88 Å². The number of pyridine rings is 1. The molecule has 3 aromatic rings. The van der Waals surface area contributed by atoms with Gasteiger partial charge in [-0.1, -0.05) is 34.1 Å². The smallest absolute Gasteiger partial charge is 0.170 e. The summed E-state index contributed by atoms with van der Waals surface area (Å²) in [6.07, 6.45) is 1.82. The van der Waals surface area contributed by atoms with Crippen molar-refractivity contribution in [3.63, 3.8) is 0 Å². The third kappa shape index (κ3) is 4.59. The fourth-order valence-corrected chi connectivity index (χ4v) is 4.91. The van der Waals surface area contributed by atoms with E-state index in [1.165, 1.54) is 0 Å². The predicted molar refractivity (Wildman–Crippen MR) is 131 cm³/mol. The van der Waals surface area contributed by atoms with Crippen LogP contribution in [0.4, 0.5) is 0 Å². The Bertz CT molecular complexity index is 1050. The van der Waals surface area contributed by atoms with Crippen molar-refractivity contribution in [2.45, 2.75) is 12.1 Å². The van der Waals surface area contributed by atoms with Crippen molar-refractivity contribution in [3.05, 3.63) is 76.7 Å².